The monoisotopic (exact) mass is 332 g/mol. The molecule has 0 saturated heterocycles. The first kappa shape index (κ1) is 21.5. The molecule has 0 rings (SSSR count). The maximum absolute atomic E-state index is 10.5. The Morgan fingerprint density at radius 1 is 0.850 bits per heavy atom. The zero-order chi connectivity index (χ0) is 16.4. The van der Waals surface area contributed by atoms with Crippen molar-refractivity contribution in [1.82, 2.24) is 0 Å². The van der Waals surface area contributed by atoms with Crippen molar-refractivity contribution in [2.45, 2.75) is 0 Å². The van der Waals surface area contributed by atoms with Gasteiger partial charge in [0.1, 0.15) is 0 Å². The number of hydrogen-bond donors (Lipinski definition) is 2. The quantitative estimate of drug-likeness (QED) is 0.429. The van der Waals surface area contributed by atoms with Gasteiger partial charge in [-0.15, -0.1) is 0 Å². The standard InChI is InChI=1S/C6H12O6S2.C4H8O2/c1-6(4-11-13(2,7)8)5-12-14(3,9)10;1-4(2-5)3-6/h1,4-5H2,2-3H3;5-6H,1-3H2. The van der Waals surface area contributed by atoms with E-state index >= 15 is 0 Å². The number of aliphatic hydroxyl groups is 2. The lowest BCUT2D eigenvalue weighted by Crippen LogP contribution is -2.11. The van der Waals surface area contributed by atoms with Crippen molar-refractivity contribution in [2.24, 2.45) is 0 Å². The van der Waals surface area contributed by atoms with Crippen LogP contribution in [0.1, 0.15) is 0 Å². The van der Waals surface area contributed by atoms with Crippen LogP contribution in [0.5, 0.6) is 0 Å². The van der Waals surface area contributed by atoms with E-state index in [9.17, 15) is 16.8 Å². The molecule has 0 aromatic carbocycles. The van der Waals surface area contributed by atoms with Crippen molar-refractivity contribution >= 4 is 20.2 Å². The van der Waals surface area contributed by atoms with Crippen molar-refractivity contribution in [3.05, 3.63) is 24.3 Å². The highest BCUT2D eigenvalue weighted by atomic mass is 32.2. The van der Waals surface area contributed by atoms with E-state index in [1.807, 2.05) is 0 Å². The molecular formula is C10H20O8S2. The Labute approximate surface area is 119 Å². The van der Waals surface area contributed by atoms with Gasteiger partial charge in [-0.2, -0.15) is 16.8 Å². The molecule has 0 bridgehead atoms. The normalized spacial score (nSPS) is 11.4. The largest absolute Gasteiger partial charge is 0.392 e. The van der Waals surface area contributed by atoms with Gasteiger partial charge in [-0.3, -0.25) is 8.37 Å². The molecule has 0 aliphatic carbocycles. The number of rotatable bonds is 8. The third-order valence-electron chi connectivity index (χ3n) is 1.40. The summed E-state index contributed by atoms with van der Waals surface area (Å²) in [6.07, 6.45) is 1.77. The van der Waals surface area contributed by atoms with E-state index in [2.05, 4.69) is 21.5 Å². The Morgan fingerprint density at radius 3 is 1.30 bits per heavy atom. The fraction of sp³-hybridized carbons (Fsp3) is 0.600. The number of hydrogen-bond acceptors (Lipinski definition) is 8. The SMILES string of the molecule is C=C(CO)CO.C=C(COS(C)(=O)=O)COS(C)(=O)=O. The summed E-state index contributed by atoms with van der Waals surface area (Å²) in [7, 11) is -7.08. The third kappa shape index (κ3) is 19.6. The lowest BCUT2D eigenvalue weighted by Gasteiger charge is -2.04. The van der Waals surface area contributed by atoms with Gasteiger partial charge in [0.15, 0.2) is 0 Å². The minimum atomic E-state index is -3.54. The highest BCUT2D eigenvalue weighted by Gasteiger charge is 2.06. The lowest BCUT2D eigenvalue weighted by molar-refractivity contribution is 0.277. The van der Waals surface area contributed by atoms with Crippen molar-refractivity contribution in [3.8, 4) is 0 Å². The van der Waals surface area contributed by atoms with E-state index in [4.69, 9.17) is 10.2 Å². The molecule has 0 aromatic rings. The lowest BCUT2D eigenvalue weighted by atomic mass is 10.4. The van der Waals surface area contributed by atoms with Crippen LogP contribution in [0.15, 0.2) is 24.3 Å². The first-order valence-corrected chi connectivity index (χ1v) is 8.78. The van der Waals surface area contributed by atoms with Gasteiger partial charge in [-0.25, -0.2) is 0 Å². The van der Waals surface area contributed by atoms with Crippen molar-refractivity contribution in [2.75, 3.05) is 38.9 Å². The summed E-state index contributed by atoms with van der Waals surface area (Å²) in [6.45, 7) is 5.88. The minimum absolute atomic E-state index is 0.115. The summed E-state index contributed by atoms with van der Waals surface area (Å²) in [5, 5.41) is 16.2. The second-order valence-electron chi connectivity index (χ2n) is 3.75. The molecule has 20 heavy (non-hydrogen) atoms. The fourth-order valence-corrected chi connectivity index (χ4v) is 1.23. The van der Waals surface area contributed by atoms with Gasteiger partial charge in [-0.1, -0.05) is 13.2 Å². The Balaban J connectivity index is 0. The highest BCUT2D eigenvalue weighted by Crippen LogP contribution is 1.98. The van der Waals surface area contributed by atoms with Crippen LogP contribution in [0.25, 0.3) is 0 Å². The zero-order valence-electron chi connectivity index (χ0n) is 11.4. The molecule has 0 unspecified atom stereocenters. The maximum atomic E-state index is 10.5. The summed E-state index contributed by atoms with van der Waals surface area (Å²) in [6, 6.07) is 0. The Bertz CT molecular complexity index is 459. The number of aliphatic hydroxyl groups excluding tert-OH is 2. The highest BCUT2D eigenvalue weighted by molar-refractivity contribution is 7.86. The summed E-state index contributed by atoms with van der Waals surface area (Å²) < 4.78 is 50.8. The average Bonchev–Trinajstić information content (AvgIpc) is 2.31. The predicted octanol–water partition coefficient (Wildman–Crippen LogP) is -0.978. The summed E-state index contributed by atoms with van der Waals surface area (Å²) in [5.41, 5.74) is 0.677. The third-order valence-corrected chi connectivity index (χ3v) is 2.49. The van der Waals surface area contributed by atoms with E-state index in [0.717, 1.165) is 12.5 Å². The zero-order valence-corrected chi connectivity index (χ0v) is 13.0. The van der Waals surface area contributed by atoms with Crippen LogP contribution in [0.3, 0.4) is 0 Å². The van der Waals surface area contributed by atoms with E-state index in [0.29, 0.717) is 5.57 Å². The molecule has 0 saturated carbocycles. The molecule has 0 spiro atoms. The van der Waals surface area contributed by atoms with Crippen LogP contribution < -0.4 is 0 Å². The fourth-order valence-electron chi connectivity index (χ4n) is 0.472. The molecule has 0 atom stereocenters. The van der Waals surface area contributed by atoms with Gasteiger partial charge in [0.05, 0.1) is 38.9 Å². The molecule has 0 amide bonds. The van der Waals surface area contributed by atoms with Crippen LogP contribution in [0, 0.1) is 0 Å². The van der Waals surface area contributed by atoms with Gasteiger partial charge in [0.25, 0.3) is 20.2 Å². The smallest absolute Gasteiger partial charge is 0.264 e. The van der Waals surface area contributed by atoms with E-state index in [-0.39, 0.29) is 32.0 Å². The molecule has 10 heteroatoms. The Morgan fingerprint density at radius 2 is 1.15 bits per heavy atom. The van der Waals surface area contributed by atoms with E-state index < -0.39 is 20.2 Å². The van der Waals surface area contributed by atoms with Crippen LogP contribution in [-0.4, -0.2) is 66.0 Å². The van der Waals surface area contributed by atoms with Crippen molar-refractivity contribution in [1.29, 1.82) is 0 Å². The summed E-state index contributed by atoms with van der Waals surface area (Å²) in [5.74, 6) is 0. The van der Waals surface area contributed by atoms with Crippen molar-refractivity contribution < 1.29 is 35.4 Å². The van der Waals surface area contributed by atoms with Crippen LogP contribution in [-0.2, 0) is 28.6 Å². The predicted molar refractivity (Wildman–Crippen MR) is 74.0 cm³/mol. The van der Waals surface area contributed by atoms with Crippen LogP contribution >= 0.6 is 0 Å². The first-order chi connectivity index (χ1) is 8.91. The second-order valence-corrected chi connectivity index (χ2v) is 7.04. The molecule has 0 aliphatic heterocycles. The Hall–Kier alpha value is -0.780. The molecule has 8 nitrogen and oxygen atoms in total. The molecule has 0 fully saturated rings. The summed E-state index contributed by atoms with van der Waals surface area (Å²) in [4.78, 5) is 0. The van der Waals surface area contributed by atoms with E-state index in [1.165, 1.54) is 0 Å². The molecule has 0 heterocycles. The molecule has 0 aromatic heterocycles. The van der Waals surface area contributed by atoms with Crippen molar-refractivity contribution in [3.63, 3.8) is 0 Å². The molecule has 120 valence electrons. The minimum Gasteiger partial charge on any atom is -0.392 e. The maximum Gasteiger partial charge on any atom is 0.264 e. The van der Waals surface area contributed by atoms with Crippen LogP contribution in [0.4, 0.5) is 0 Å². The van der Waals surface area contributed by atoms with Gasteiger partial charge in [0.2, 0.25) is 0 Å². The average molecular weight is 332 g/mol. The molecule has 2 N–H and O–H groups in total. The van der Waals surface area contributed by atoms with E-state index in [1.54, 1.807) is 0 Å². The topological polar surface area (TPSA) is 127 Å². The second kappa shape index (κ2) is 10.0. The first-order valence-electron chi connectivity index (χ1n) is 5.15. The van der Waals surface area contributed by atoms with Gasteiger partial charge in [0, 0.05) is 0 Å². The molecular weight excluding hydrogens is 312 g/mol. The van der Waals surface area contributed by atoms with Crippen LogP contribution in [0.2, 0.25) is 0 Å². The Kier molecular flexibility index (Phi) is 10.8. The van der Waals surface area contributed by atoms with Gasteiger partial charge in [-0.05, 0) is 11.1 Å². The summed E-state index contributed by atoms with van der Waals surface area (Å²) >= 11 is 0. The van der Waals surface area contributed by atoms with Gasteiger partial charge >= 0.3 is 0 Å². The molecule has 0 radical (unpaired) electrons. The molecule has 0 aliphatic rings. The van der Waals surface area contributed by atoms with Gasteiger partial charge < -0.3 is 10.2 Å².